The fraction of sp³-hybridized carbons (Fsp3) is 0.273. The predicted molar refractivity (Wildman–Crippen MR) is 136 cm³/mol. The number of rotatable bonds is 6. The van der Waals surface area contributed by atoms with Crippen LogP contribution in [0.2, 0.25) is 0 Å². The maximum atomic E-state index is 13.4. The van der Waals surface area contributed by atoms with Gasteiger partial charge in [-0.3, -0.25) is 9.52 Å². The van der Waals surface area contributed by atoms with Gasteiger partial charge >= 0.3 is 0 Å². The summed E-state index contributed by atoms with van der Waals surface area (Å²) in [5.41, 5.74) is 4.10. The number of aromatic nitrogens is 1. The van der Waals surface area contributed by atoms with Crippen molar-refractivity contribution in [2.45, 2.75) is 32.1 Å². The van der Waals surface area contributed by atoms with Crippen LogP contribution in [0, 0.1) is 19.0 Å². The summed E-state index contributed by atoms with van der Waals surface area (Å²) in [7, 11) is -3.65. The number of halogens is 1. The van der Waals surface area contributed by atoms with Gasteiger partial charge in [-0.1, -0.05) is 30.0 Å². The van der Waals surface area contributed by atoms with Gasteiger partial charge in [-0.15, -0.1) is 11.3 Å². The van der Waals surface area contributed by atoms with Gasteiger partial charge in [0.05, 0.1) is 21.7 Å². The zero-order chi connectivity index (χ0) is 23.9. The minimum atomic E-state index is -3.65. The van der Waals surface area contributed by atoms with E-state index in [1.54, 1.807) is 11.8 Å². The molecule has 1 amide bonds. The normalized spacial score (nSPS) is 15.5. The highest BCUT2D eigenvalue weighted by atomic mass is 32.2. The third-order valence-electron chi connectivity index (χ3n) is 5.05. The molecule has 33 heavy (non-hydrogen) atoms. The van der Waals surface area contributed by atoms with E-state index < -0.39 is 15.9 Å². The number of aryl methyl sites for hydroxylation is 2. The summed E-state index contributed by atoms with van der Waals surface area (Å²) in [4.78, 5) is 20.5. The van der Waals surface area contributed by atoms with Crippen molar-refractivity contribution in [3.8, 4) is 0 Å². The molecule has 1 N–H and O–H groups in total. The van der Waals surface area contributed by atoms with Crippen molar-refractivity contribution in [1.29, 1.82) is 0 Å². The first-order chi connectivity index (χ1) is 15.5. The molecule has 0 unspecified atom stereocenters. The number of anilines is 1. The number of amides is 1. The highest BCUT2D eigenvalue weighted by Crippen LogP contribution is 2.47. The standard InChI is InChI=1S/C22H22FN3O3S4/c1-5-14(8-20-24-22-17(30-20)10-18(23)32-22)9-21-26(11-19(27)25-33(4,28)29)15-6-12(2)13(3)7-16(15)31-21/h6-10H,5,11H2,1-4H3,(H,25,27). The number of fused-ring (bicyclic) bond motifs is 2. The van der Waals surface area contributed by atoms with Crippen molar-refractivity contribution in [3.63, 3.8) is 0 Å². The van der Waals surface area contributed by atoms with Gasteiger partial charge in [0.15, 0.2) is 5.13 Å². The molecular weight excluding hydrogens is 502 g/mol. The van der Waals surface area contributed by atoms with Crippen molar-refractivity contribution in [3.05, 3.63) is 56.1 Å². The fourth-order valence-corrected chi connectivity index (χ4v) is 6.97. The van der Waals surface area contributed by atoms with E-state index in [9.17, 15) is 17.6 Å². The molecule has 1 aliphatic rings. The van der Waals surface area contributed by atoms with E-state index in [0.29, 0.717) is 4.83 Å². The highest BCUT2D eigenvalue weighted by Gasteiger charge is 2.28. The van der Waals surface area contributed by atoms with E-state index >= 15 is 0 Å². The molecule has 0 aliphatic carbocycles. The van der Waals surface area contributed by atoms with E-state index in [1.165, 1.54) is 17.4 Å². The van der Waals surface area contributed by atoms with Crippen LogP contribution < -0.4 is 9.62 Å². The Hall–Kier alpha value is -2.21. The molecular formula is C22H22FN3O3S4. The molecule has 3 aromatic rings. The van der Waals surface area contributed by atoms with E-state index in [-0.39, 0.29) is 11.7 Å². The summed E-state index contributed by atoms with van der Waals surface area (Å²) in [6, 6.07) is 5.59. The molecule has 0 saturated heterocycles. The Labute approximate surface area is 204 Å². The zero-order valence-electron chi connectivity index (χ0n) is 18.4. The molecule has 3 heterocycles. The number of nitrogens with zero attached hydrogens (tertiary/aromatic N) is 2. The van der Waals surface area contributed by atoms with Crippen LogP contribution in [0.3, 0.4) is 0 Å². The number of sulfonamides is 1. The average molecular weight is 524 g/mol. The van der Waals surface area contributed by atoms with Gasteiger partial charge in [-0.2, -0.15) is 4.39 Å². The zero-order valence-corrected chi connectivity index (χ0v) is 21.7. The number of thiazole rings is 1. The fourth-order valence-electron chi connectivity index (χ4n) is 3.35. The Morgan fingerprint density at radius 3 is 2.61 bits per heavy atom. The minimum Gasteiger partial charge on any atom is -0.325 e. The minimum absolute atomic E-state index is 0.120. The molecule has 0 saturated carbocycles. The van der Waals surface area contributed by atoms with Gasteiger partial charge in [0, 0.05) is 11.0 Å². The molecule has 0 atom stereocenters. The lowest BCUT2D eigenvalue weighted by molar-refractivity contribution is -0.117. The number of thioether (sulfide) groups is 1. The van der Waals surface area contributed by atoms with Gasteiger partial charge in [0.1, 0.15) is 16.4 Å². The number of carbonyl (C=O) groups is 1. The van der Waals surface area contributed by atoms with Crippen molar-refractivity contribution >= 4 is 71.7 Å². The van der Waals surface area contributed by atoms with Crippen LogP contribution in [0.5, 0.6) is 0 Å². The van der Waals surface area contributed by atoms with E-state index in [2.05, 4.69) is 11.1 Å². The van der Waals surface area contributed by atoms with Gasteiger partial charge in [0.25, 0.3) is 5.91 Å². The first-order valence-corrected chi connectivity index (χ1v) is 14.4. The smallest absolute Gasteiger partial charge is 0.253 e. The van der Waals surface area contributed by atoms with Crippen LogP contribution in [0.1, 0.15) is 29.5 Å². The average Bonchev–Trinajstić information content (AvgIpc) is 3.32. The van der Waals surface area contributed by atoms with E-state index in [1.807, 2.05) is 48.6 Å². The third kappa shape index (κ3) is 5.48. The lowest BCUT2D eigenvalue weighted by Gasteiger charge is -2.20. The van der Waals surface area contributed by atoms with Crippen LogP contribution in [-0.4, -0.2) is 32.1 Å². The molecule has 0 spiro atoms. The molecule has 2 aromatic heterocycles. The number of benzene rings is 1. The Morgan fingerprint density at radius 1 is 1.21 bits per heavy atom. The summed E-state index contributed by atoms with van der Waals surface area (Å²) in [5.74, 6) is -0.598. The quantitative estimate of drug-likeness (QED) is 0.464. The second-order valence-corrected chi connectivity index (χ2v) is 12.6. The number of thiophene rings is 1. The second kappa shape index (κ2) is 9.21. The molecule has 174 valence electrons. The SMILES string of the molecule is CCC(=Cc1nc2sc(F)cc2s1)C=C1Sc2cc(C)c(C)cc2N1CC(=O)NS(C)(=O)=O. The number of carbonyl (C=O) groups excluding carboxylic acids is 1. The lowest BCUT2D eigenvalue weighted by Crippen LogP contribution is -2.38. The number of hydrogen-bond acceptors (Lipinski definition) is 8. The van der Waals surface area contributed by atoms with Crippen molar-refractivity contribution < 1.29 is 17.6 Å². The third-order valence-corrected chi connectivity index (χ3v) is 8.64. The lowest BCUT2D eigenvalue weighted by atomic mass is 10.1. The first-order valence-electron chi connectivity index (χ1n) is 10.1. The van der Waals surface area contributed by atoms with Gasteiger partial charge < -0.3 is 4.90 Å². The van der Waals surface area contributed by atoms with Gasteiger partial charge in [-0.25, -0.2) is 13.4 Å². The van der Waals surface area contributed by atoms with Crippen LogP contribution in [0.4, 0.5) is 10.1 Å². The number of nitrogens with one attached hydrogen (secondary N) is 1. The molecule has 1 aliphatic heterocycles. The van der Waals surface area contributed by atoms with E-state index in [4.69, 9.17) is 0 Å². The first kappa shape index (κ1) is 23.9. The van der Waals surface area contributed by atoms with Crippen molar-refractivity contribution in [1.82, 2.24) is 9.71 Å². The Balaban J connectivity index is 1.70. The van der Waals surface area contributed by atoms with Gasteiger partial charge in [-0.05, 0) is 61.3 Å². The number of hydrogen-bond donors (Lipinski definition) is 1. The van der Waals surface area contributed by atoms with Crippen LogP contribution in [0.25, 0.3) is 15.6 Å². The molecule has 0 radical (unpaired) electrons. The van der Waals surface area contributed by atoms with Crippen LogP contribution >= 0.6 is 34.4 Å². The Kier molecular flexibility index (Phi) is 6.68. The summed E-state index contributed by atoms with van der Waals surface area (Å²) in [5, 5.41) is 1.38. The summed E-state index contributed by atoms with van der Waals surface area (Å²) in [6.45, 7) is 5.95. The summed E-state index contributed by atoms with van der Waals surface area (Å²) < 4.78 is 39.3. The largest absolute Gasteiger partial charge is 0.325 e. The second-order valence-electron chi connectivity index (χ2n) is 7.72. The van der Waals surface area contributed by atoms with Crippen LogP contribution in [0.15, 0.2) is 39.8 Å². The molecule has 1 aromatic carbocycles. The maximum absolute atomic E-state index is 13.4. The van der Waals surface area contributed by atoms with Crippen molar-refractivity contribution in [2.75, 3.05) is 17.7 Å². The Morgan fingerprint density at radius 2 is 1.94 bits per heavy atom. The molecule has 0 fully saturated rings. The Bertz CT molecular complexity index is 1390. The topological polar surface area (TPSA) is 79.4 Å². The summed E-state index contributed by atoms with van der Waals surface area (Å²) >= 11 is 4.00. The molecule has 0 bridgehead atoms. The molecule has 11 heteroatoms. The van der Waals surface area contributed by atoms with Crippen molar-refractivity contribution in [2.24, 2.45) is 0 Å². The summed E-state index contributed by atoms with van der Waals surface area (Å²) in [6.07, 6.45) is 5.66. The van der Waals surface area contributed by atoms with E-state index in [0.717, 1.165) is 66.0 Å². The molecule has 4 rings (SSSR count). The predicted octanol–water partition coefficient (Wildman–Crippen LogP) is 5.44. The maximum Gasteiger partial charge on any atom is 0.253 e. The van der Waals surface area contributed by atoms with Crippen LogP contribution in [-0.2, 0) is 14.8 Å². The van der Waals surface area contributed by atoms with Gasteiger partial charge in [0.2, 0.25) is 10.0 Å². The number of allylic oxidation sites excluding steroid dienone is 2. The highest BCUT2D eigenvalue weighted by molar-refractivity contribution is 8.03. The monoisotopic (exact) mass is 523 g/mol. The molecule has 6 nitrogen and oxygen atoms in total.